The van der Waals surface area contributed by atoms with E-state index < -0.39 is 89.8 Å². The van der Waals surface area contributed by atoms with E-state index in [0.717, 1.165) is 27.7 Å². The van der Waals surface area contributed by atoms with Crippen LogP contribution in [-0.2, 0) is 95.8 Å². The zero-order valence-electron chi connectivity index (χ0n) is 80.2. The topological polar surface area (TPSA) is 503 Å². The molecule has 2 bridgehead atoms. The van der Waals surface area contributed by atoms with Gasteiger partial charge in [-0.1, -0.05) is 76.3 Å². The molecular formula is C97H135N19O21. The van der Waals surface area contributed by atoms with Crippen molar-refractivity contribution in [3.05, 3.63) is 126 Å². The highest BCUT2D eigenvalue weighted by molar-refractivity contribution is 6.39. The molecule has 40 heteroatoms. The number of methoxy groups -OCH3 is 3. The van der Waals surface area contributed by atoms with Crippen molar-refractivity contribution in [1.29, 1.82) is 0 Å². The number of carbonyl (C=O) groups excluding carboxylic acids is 8. The van der Waals surface area contributed by atoms with Crippen LogP contribution in [0.25, 0.3) is 33.3 Å². The standard InChI is InChI=1S/C97H135N19O21/c1-60-18-12-11-13-19-61(2)79(128-8)50-73-24-21-66(7)97(127,137-73)88(122)92(124)114-30-16-14-20-77(114)93(125)136-80(51-78(118)62(3)45-65(6)86(121)87(130-10)85(120)64(5)44-60)63(4)46-67-22-26-76(81(47-67)129-9)116-57-71(109-111-116)58-135-96(126)100-29-37-132-39-41-134-43-42-133-40-38-131-36-27-82(119)101-52-68-53-102-94(103-54-68)112-32-34-113(35-33-112)95-104-55-70(56-105-95)91(123)99-28-15-17-31-115-90-83(89(98)106-59-107-90)84(110-115)75-49-69-48-72(117)23-25-74(69)108-75/h11-13,18-19,23,25,45,48-49,53-57,59-60,62-64,66-67,73,76-77,79-81,86-87,108,117,121,127H,14-17,20-22,24,26-44,46-47,50-52,58H2,1-10H3,(H,99,123)(H,100,126)(H,101,119)(H2,98,106,107)/b13-11?,18-12+,61-19?,65-45+/t60-,62-,63-,64-,66-,67+,73+,76+,77+,79+,80+,81-,86-,87+,97-/m1/s1. The average molecular weight is 1900 g/mol. The Labute approximate surface area is 797 Å². The monoisotopic (exact) mass is 1900 g/mol. The second-order valence-corrected chi connectivity index (χ2v) is 36.3. The molecule has 0 spiro atoms. The number of unbranched alkanes of at least 4 members (excludes halogenated alkanes) is 1. The second kappa shape index (κ2) is 51.3. The molecule has 40 nitrogen and oxygen atoms in total. The molecule has 1 aliphatic carbocycles. The maximum absolute atomic E-state index is 14.8. The summed E-state index contributed by atoms with van der Waals surface area (Å²) in [5.74, 6) is -7.53. The van der Waals surface area contributed by atoms with E-state index in [4.69, 9.17) is 58.2 Å². The summed E-state index contributed by atoms with van der Waals surface area (Å²) in [6.45, 7) is 18.6. The van der Waals surface area contributed by atoms with E-state index in [1.54, 1.807) is 94.1 Å². The number of aromatic hydroxyl groups is 1. The number of piperazine rings is 1. The van der Waals surface area contributed by atoms with E-state index in [1.807, 2.05) is 62.1 Å². The Morgan fingerprint density at radius 2 is 1.45 bits per heavy atom. The quantitative estimate of drug-likeness (QED) is 0.00800. The number of alkyl carbamates (subject to hydrolysis) is 1. The molecule has 137 heavy (non-hydrogen) atoms. The number of H-pyrrole nitrogens is 1. The van der Waals surface area contributed by atoms with Crippen molar-refractivity contribution in [2.45, 2.75) is 219 Å². The Bertz CT molecular complexity index is 5290. The van der Waals surface area contributed by atoms with Gasteiger partial charge in [-0.25, -0.2) is 48.9 Å². The first-order chi connectivity index (χ1) is 66.1. The van der Waals surface area contributed by atoms with Gasteiger partial charge in [0.05, 0.1) is 100 Å². The summed E-state index contributed by atoms with van der Waals surface area (Å²) < 4.78 is 61.7. The number of hydrogen-bond acceptors (Lipinski definition) is 33. The van der Waals surface area contributed by atoms with Gasteiger partial charge >= 0.3 is 12.1 Å². The van der Waals surface area contributed by atoms with Gasteiger partial charge in [0, 0.05) is 159 Å². The Kier molecular flexibility index (Phi) is 39.1. The number of hydrogen-bond donors (Lipinski definition) is 8. The number of amides is 4. The molecule has 0 radical (unpaired) electrons. The molecule has 4 aliphatic heterocycles. The zero-order valence-corrected chi connectivity index (χ0v) is 80.2. The number of anilines is 3. The zero-order chi connectivity index (χ0) is 97.7. The molecule has 1 aromatic carbocycles. The van der Waals surface area contributed by atoms with Gasteiger partial charge in [0.1, 0.15) is 66.0 Å². The summed E-state index contributed by atoms with van der Waals surface area (Å²) in [6.07, 6.45) is 21.4. The van der Waals surface area contributed by atoms with Crippen molar-refractivity contribution in [3.63, 3.8) is 0 Å². The highest BCUT2D eigenvalue weighted by Crippen LogP contribution is 2.41. The second-order valence-electron chi connectivity index (χ2n) is 36.3. The Hall–Kier alpha value is -11.5. The molecule has 9 N–H and O–H groups in total. The number of nitrogen functional groups attached to an aromatic ring is 1. The summed E-state index contributed by atoms with van der Waals surface area (Å²) in [6, 6.07) is 5.53. The number of aryl methyl sites for hydroxylation is 1. The first-order valence-electron chi connectivity index (χ1n) is 47.7. The van der Waals surface area contributed by atoms with Crippen LogP contribution in [0.4, 0.5) is 22.5 Å². The van der Waals surface area contributed by atoms with Crippen LogP contribution in [0.5, 0.6) is 5.75 Å². The predicted octanol–water partition coefficient (Wildman–Crippen LogP) is 8.34. The van der Waals surface area contributed by atoms with Crippen LogP contribution in [-0.4, -0.2) is 295 Å². The summed E-state index contributed by atoms with van der Waals surface area (Å²) in [7, 11) is 4.55. The van der Waals surface area contributed by atoms with E-state index in [-0.39, 0.29) is 125 Å². The lowest BCUT2D eigenvalue weighted by Gasteiger charge is -2.42. The van der Waals surface area contributed by atoms with E-state index >= 15 is 0 Å². The molecule has 4 fully saturated rings. The number of esters is 1. The molecule has 15 atom stereocenters. The number of allylic oxidation sites excluding steroid dienone is 6. The molecule has 7 aromatic rings. The molecule has 5 aliphatic rings. The number of ether oxygens (including phenoxy) is 10. The minimum Gasteiger partial charge on any atom is -0.508 e. The molecule has 0 unspecified atom stereocenters. The maximum atomic E-state index is 14.8. The third-order valence-corrected chi connectivity index (χ3v) is 26.3. The number of phenolic OH excluding ortho intramolecular Hbond substituents is 1. The lowest BCUT2D eigenvalue weighted by atomic mass is 9.77. The van der Waals surface area contributed by atoms with E-state index in [1.165, 1.54) is 30.7 Å². The third kappa shape index (κ3) is 28.9. The number of Topliss-reactive ketones (excluding diaryl/α,β-unsaturated/α-hetero) is 3. The van der Waals surface area contributed by atoms with Crippen molar-refractivity contribution >= 4 is 86.8 Å². The third-order valence-electron chi connectivity index (χ3n) is 26.3. The van der Waals surface area contributed by atoms with Gasteiger partial charge in [-0.3, -0.25) is 28.8 Å². The van der Waals surface area contributed by atoms with E-state index in [0.29, 0.717) is 194 Å². The number of carbonyl (C=O) groups is 8. The number of nitrogens with two attached hydrogens (primary N) is 1. The van der Waals surface area contributed by atoms with Crippen molar-refractivity contribution in [3.8, 4) is 17.1 Å². The van der Waals surface area contributed by atoms with Crippen molar-refractivity contribution < 1.29 is 101 Å². The van der Waals surface area contributed by atoms with Crippen molar-refractivity contribution in [1.82, 2.24) is 80.5 Å². The number of benzene rings is 1. The number of aromatic nitrogens is 12. The number of aliphatic hydroxyl groups is 2. The fraction of sp³-hybridized carbons (Fsp3) is 0.598. The number of phenols is 1. The molecule has 10 heterocycles. The van der Waals surface area contributed by atoms with Gasteiger partial charge in [0.25, 0.3) is 17.6 Å². The van der Waals surface area contributed by atoms with Crippen LogP contribution >= 0.6 is 0 Å². The number of nitrogens with zero attached hydrogens (tertiary/aromatic N) is 14. The molecule has 12 rings (SSSR count). The molecule has 744 valence electrons. The summed E-state index contributed by atoms with van der Waals surface area (Å²) in [5, 5.41) is 57.3. The first-order valence-corrected chi connectivity index (χ1v) is 47.7. The molecule has 1 saturated carbocycles. The van der Waals surface area contributed by atoms with Gasteiger partial charge in [-0.2, -0.15) is 5.10 Å². The highest BCUT2D eigenvalue weighted by Gasteiger charge is 2.53. The molecule has 4 amide bonds. The summed E-state index contributed by atoms with van der Waals surface area (Å²) >= 11 is 0. The predicted molar refractivity (Wildman–Crippen MR) is 505 cm³/mol. The summed E-state index contributed by atoms with van der Waals surface area (Å²) in [4.78, 5) is 146. The van der Waals surface area contributed by atoms with Crippen LogP contribution in [0.3, 0.4) is 0 Å². The van der Waals surface area contributed by atoms with Crippen LogP contribution < -0.4 is 31.5 Å². The SMILES string of the molecule is CO[C@H]1C[C@@H]2CC[C@@H](C)[C@@](O)(O2)C(=O)C(=O)N2CCCC[C@H]2C(=O)O[C@H]([C@H](C)C[C@@H]2CC[C@H](n3cc(COC(=O)NCCOCCOCCOCCOCCC(=O)NCc4cnc(N5CCN(c6ncc(C(=O)NCCCCn7nc(-c8cc9cc(O)ccc9[nH]8)c8c(N)ncnc87)cn6)CC5)nc4)nn3)[C@H](OC)C2)CC(=O)[C@H](C)/C=C(\C)[C@@H](O)[C@@H](OC)C(=O)[C@H](C)C[C@H](C)/C=C/C=CC=C1C. The van der Waals surface area contributed by atoms with Crippen molar-refractivity contribution in [2.24, 2.45) is 35.5 Å². The number of aromatic amines is 1. The number of cyclic esters (lactones) is 1. The molecular weight excluding hydrogens is 1770 g/mol. The Morgan fingerprint density at radius 3 is 2.15 bits per heavy atom. The smallest absolute Gasteiger partial charge is 0.407 e. The lowest BCUT2D eigenvalue weighted by molar-refractivity contribution is -0.265. The minimum absolute atomic E-state index is 0.0137. The number of nitrogens with one attached hydrogen (secondary N) is 4. The van der Waals surface area contributed by atoms with Crippen LogP contribution in [0, 0.1) is 35.5 Å². The number of ketones is 3. The van der Waals surface area contributed by atoms with Gasteiger partial charge in [0.2, 0.25) is 23.6 Å². The van der Waals surface area contributed by atoms with Gasteiger partial charge in [-0.15, -0.1) is 5.10 Å². The van der Waals surface area contributed by atoms with E-state index in [2.05, 4.69) is 66.1 Å². The Morgan fingerprint density at radius 1 is 0.737 bits per heavy atom. The average Bonchev–Trinajstić information content (AvgIpc) is 1.59. The van der Waals surface area contributed by atoms with E-state index in [9.17, 15) is 53.7 Å². The molecule has 3 saturated heterocycles. The van der Waals surface area contributed by atoms with Gasteiger partial charge in [0.15, 0.2) is 11.4 Å². The Balaban J connectivity index is 0.499. The van der Waals surface area contributed by atoms with Gasteiger partial charge in [-0.05, 0) is 144 Å². The van der Waals surface area contributed by atoms with Gasteiger partial charge < -0.3 is 104 Å². The lowest BCUT2D eigenvalue weighted by Crippen LogP contribution is -2.61. The van der Waals surface area contributed by atoms with Crippen molar-refractivity contribution in [2.75, 3.05) is 136 Å². The minimum atomic E-state index is -2.49. The van der Waals surface area contributed by atoms with Crippen LogP contribution in [0.15, 0.2) is 109 Å². The number of fused-ring (bicyclic) bond motifs is 5. The molecule has 6 aromatic heterocycles. The van der Waals surface area contributed by atoms with Crippen LogP contribution in [0.1, 0.15) is 172 Å². The normalized spacial score (nSPS) is 25.4. The fourth-order valence-electron chi connectivity index (χ4n) is 18.2. The maximum Gasteiger partial charge on any atom is 0.407 e. The number of aliphatic hydroxyl groups excluding tert-OH is 1. The van der Waals surface area contributed by atoms with Crippen LogP contribution in [0.2, 0.25) is 0 Å². The number of rotatable bonds is 35. The first kappa shape index (κ1) is 104. The summed E-state index contributed by atoms with van der Waals surface area (Å²) in [5.41, 5.74) is 11.8. The highest BCUT2D eigenvalue weighted by atomic mass is 16.6. The largest absolute Gasteiger partial charge is 0.508 e. The fourth-order valence-corrected chi connectivity index (χ4v) is 18.2. The number of piperidine rings is 1.